The van der Waals surface area contributed by atoms with E-state index >= 15 is 0 Å². The summed E-state index contributed by atoms with van der Waals surface area (Å²) in [6.45, 7) is 4.04. The van der Waals surface area contributed by atoms with Gasteiger partial charge in [-0.05, 0) is 31.5 Å². The van der Waals surface area contributed by atoms with Crippen molar-refractivity contribution in [1.29, 1.82) is 0 Å². The maximum atomic E-state index is 13.1. The quantitative estimate of drug-likeness (QED) is 0.635. The molecular weight excluding hydrogens is 223 g/mol. The van der Waals surface area contributed by atoms with Crippen molar-refractivity contribution in [3.63, 3.8) is 0 Å². The number of nitro benzene ring substituents is 1. The van der Waals surface area contributed by atoms with Gasteiger partial charge >= 0.3 is 0 Å². The molecule has 17 heavy (non-hydrogen) atoms. The largest absolute Gasteiger partial charge is 0.316 e. The second-order valence-electron chi connectivity index (χ2n) is 4.37. The number of halogens is 1. The molecule has 94 valence electrons. The zero-order chi connectivity index (χ0) is 13.0. The molecule has 0 aliphatic carbocycles. The van der Waals surface area contributed by atoms with Crippen molar-refractivity contribution in [2.75, 3.05) is 7.05 Å². The van der Waals surface area contributed by atoms with Crippen LogP contribution >= 0.6 is 0 Å². The average Bonchev–Trinajstić information content (AvgIpc) is 2.25. The highest BCUT2D eigenvalue weighted by Crippen LogP contribution is 2.22. The van der Waals surface area contributed by atoms with Crippen LogP contribution in [0.2, 0.25) is 0 Å². The molecule has 0 saturated heterocycles. The van der Waals surface area contributed by atoms with Crippen LogP contribution in [-0.2, 0) is 6.42 Å². The second kappa shape index (κ2) is 5.72. The summed E-state index contributed by atoms with van der Waals surface area (Å²) < 4.78 is 13.1. The normalized spacial score (nSPS) is 12.8. The molecule has 5 heteroatoms. The van der Waals surface area contributed by atoms with Gasteiger partial charge in [-0.3, -0.25) is 10.1 Å². The second-order valence-corrected chi connectivity index (χ2v) is 4.37. The molecule has 0 heterocycles. The summed E-state index contributed by atoms with van der Waals surface area (Å²) in [7, 11) is 1.80. The Morgan fingerprint density at radius 1 is 1.47 bits per heavy atom. The standard InChI is InChI=1S/C12H17FN2O2/c1-8(2)11(14-3)7-9-6-10(13)4-5-12(9)15(16)17/h4-6,8,11,14H,7H2,1-3H3. The van der Waals surface area contributed by atoms with Gasteiger partial charge in [0, 0.05) is 17.7 Å². The molecular formula is C12H17FN2O2. The van der Waals surface area contributed by atoms with Crippen molar-refractivity contribution in [2.45, 2.75) is 26.3 Å². The van der Waals surface area contributed by atoms with E-state index in [0.717, 1.165) is 6.07 Å². The van der Waals surface area contributed by atoms with E-state index in [1.54, 1.807) is 7.05 Å². The average molecular weight is 240 g/mol. The summed E-state index contributed by atoms with van der Waals surface area (Å²) in [5, 5.41) is 13.9. The zero-order valence-corrected chi connectivity index (χ0v) is 10.2. The van der Waals surface area contributed by atoms with E-state index in [0.29, 0.717) is 17.9 Å². The molecule has 0 spiro atoms. The first-order valence-electron chi connectivity index (χ1n) is 5.55. The zero-order valence-electron chi connectivity index (χ0n) is 10.2. The summed E-state index contributed by atoms with van der Waals surface area (Å²) in [5.74, 6) is -0.118. The van der Waals surface area contributed by atoms with Gasteiger partial charge in [-0.2, -0.15) is 0 Å². The first-order valence-corrected chi connectivity index (χ1v) is 5.55. The number of hydrogen-bond acceptors (Lipinski definition) is 3. The lowest BCUT2D eigenvalue weighted by Crippen LogP contribution is -2.32. The van der Waals surface area contributed by atoms with Crippen LogP contribution in [0.5, 0.6) is 0 Å². The van der Waals surface area contributed by atoms with Crippen molar-refractivity contribution < 1.29 is 9.31 Å². The minimum atomic E-state index is -0.470. The van der Waals surface area contributed by atoms with E-state index in [1.807, 2.05) is 13.8 Å². The van der Waals surface area contributed by atoms with Crippen LogP contribution in [0.15, 0.2) is 18.2 Å². The number of hydrogen-bond donors (Lipinski definition) is 1. The maximum absolute atomic E-state index is 13.1. The summed E-state index contributed by atoms with van der Waals surface area (Å²) in [5.41, 5.74) is 0.412. The lowest BCUT2D eigenvalue weighted by Gasteiger charge is -2.20. The van der Waals surface area contributed by atoms with Crippen LogP contribution in [0.4, 0.5) is 10.1 Å². The van der Waals surface area contributed by atoms with Gasteiger partial charge in [-0.25, -0.2) is 4.39 Å². The Bertz CT molecular complexity index is 407. The highest BCUT2D eigenvalue weighted by atomic mass is 19.1. The molecule has 0 bridgehead atoms. The van der Waals surface area contributed by atoms with Gasteiger partial charge in [-0.15, -0.1) is 0 Å². The Hall–Kier alpha value is -1.49. The highest BCUT2D eigenvalue weighted by Gasteiger charge is 2.19. The van der Waals surface area contributed by atoms with Gasteiger partial charge in [-0.1, -0.05) is 13.8 Å². The fourth-order valence-corrected chi connectivity index (χ4v) is 1.80. The van der Waals surface area contributed by atoms with E-state index in [4.69, 9.17) is 0 Å². The number of nitrogens with zero attached hydrogens (tertiary/aromatic N) is 1. The third-order valence-electron chi connectivity index (χ3n) is 2.85. The summed E-state index contributed by atoms with van der Waals surface area (Å²) in [4.78, 5) is 10.4. The fraction of sp³-hybridized carbons (Fsp3) is 0.500. The van der Waals surface area contributed by atoms with Crippen molar-refractivity contribution in [1.82, 2.24) is 5.32 Å². The van der Waals surface area contributed by atoms with Crippen LogP contribution in [0.1, 0.15) is 19.4 Å². The van der Waals surface area contributed by atoms with Crippen molar-refractivity contribution in [2.24, 2.45) is 5.92 Å². The first-order chi connectivity index (χ1) is 7.95. The number of rotatable bonds is 5. The van der Waals surface area contributed by atoms with Crippen molar-refractivity contribution in [3.05, 3.63) is 39.7 Å². The molecule has 1 N–H and O–H groups in total. The molecule has 1 aromatic carbocycles. The Balaban J connectivity index is 3.03. The Morgan fingerprint density at radius 2 is 2.12 bits per heavy atom. The lowest BCUT2D eigenvalue weighted by molar-refractivity contribution is -0.385. The molecule has 0 aliphatic heterocycles. The van der Waals surface area contributed by atoms with E-state index in [9.17, 15) is 14.5 Å². The van der Waals surface area contributed by atoms with Crippen LogP contribution in [0, 0.1) is 21.8 Å². The van der Waals surface area contributed by atoms with Crippen LogP contribution < -0.4 is 5.32 Å². The Morgan fingerprint density at radius 3 is 2.59 bits per heavy atom. The predicted octanol–water partition coefficient (Wildman–Crippen LogP) is 2.52. The first kappa shape index (κ1) is 13.6. The molecule has 1 aromatic rings. The minimum absolute atomic E-state index is 0.0210. The molecule has 0 aliphatic rings. The highest BCUT2D eigenvalue weighted by molar-refractivity contribution is 5.40. The third kappa shape index (κ3) is 3.49. The molecule has 4 nitrogen and oxygen atoms in total. The predicted molar refractivity (Wildman–Crippen MR) is 64.4 cm³/mol. The summed E-state index contributed by atoms with van der Waals surface area (Å²) in [6.07, 6.45) is 0.447. The third-order valence-corrected chi connectivity index (χ3v) is 2.85. The Labute approximate surface area is 100.0 Å². The molecule has 1 unspecified atom stereocenters. The smallest absolute Gasteiger partial charge is 0.272 e. The lowest BCUT2D eigenvalue weighted by atomic mass is 9.95. The molecule has 0 fully saturated rings. The summed E-state index contributed by atoms with van der Waals surface area (Å²) in [6, 6.07) is 3.67. The topological polar surface area (TPSA) is 55.2 Å². The van der Waals surface area contributed by atoms with Crippen molar-refractivity contribution in [3.8, 4) is 0 Å². The molecule has 0 saturated carbocycles. The van der Waals surface area contributed by atoms with E-state index in [-0.39, 0.29) is 11.7 Å². The minimum Gasteiger partial charge on any atom is -0.316 e. The van der Waals surface area contributed by atoms with Crippen LogP contribution in [0.3, 0.4) is 0 Å². The monoisotopic (exact) mass is 240 g/mol. The van der Waals surface area contributed by atoms with Gasteiger partial charge < -0.3 is 5.32 Å². The van der Waals surface area contributed by atoms with E-state index < -0.39 is 10.7 Å². The molecule has 1 rings (SSSR count). The maximum Gasteiger partial charge on any atom is 0.272 e. The van der Waals surface area contributed by atoms with E-state index in [2.05, 4.69) is 5.32 Å². The Kier molecular flexibility index (Phi) is 4.57. The fourth-order valence-electron chi connectivity index (χ4n) is 1.80. The van der Waals surface area contributed by atoms with Gasteiger partial charge in [0.25, 0.3) is 5.69 Å². The van der Waals surface area contributed by atoms with Gasteiger partial charge in [0.2, 0.25) is 0 Å². The van der Waals surface area contributed by atoms with E-state index in [1.165, 1.54) is 12.1 Å². The molecule has 0 radical (unpaired) electrons. The molecule has 0 amide bonds. The van der Waals surface area contributed by atoms with Crippen LogP contribution in [0.25, 0.3) is 0 Å². The van der Waals surface area contributed by atoms with Crippen molar-refractivity contribution >= 4 is 5.69 Å². The molecule has 0 aromatic heterocycles. The molecule has 1 atom stereocenters. The number of benzene rings is 1. The number of likely N-dealkylation sites (N-methyl/N-ethyl adjacent to an activating group) is 1. The number of nitro groups is 1. The van der Waals surface area contributed by atoms with Crippen LogP contribution in [-0.4, -0.2) is 18.0 Å². The summed E-state index contributed by atoms with van der Waals surface area (Å²) >= 11 is 0. The SMILES string of the molecule is CNC(Cc1cc(F)ccc1[N+](=O)[O-])C(C)C. The van der Waals surface area contributed by atoms with Gasteiger partial charge in [0.1, 0.15) is 5.82 Å². The van der Waals surface area contributed by atoms with Gasteiger partial charge in [0.05, 0.1) is 4.92 Å². The number of nitrogens with one attached hydrogen (secondary N) is 1. The van der Waals surface area contributed by atoms with Gasteiger partial charge in [0.15, 0.2) is 0 Å².